The second-order valence-corrected chi connectivity index (χ2v) is 6.29. The molecule has 0 bridgehead atoms. The molecule has 0 aliphatic carbocycles. The highest BCUT2D eigenvalue weighted by Crippen LogP contribution is 2.39. The second-order valence-electron chi connectivity index (χ2n) is 5.95. The third kappa shape index (κ3) is 4.17. The van der Waals surface area contributed by atoms with E-state index in [1.165, 1.54) is 0 Å². The maximum absolute atomic E-state index is 6.12. The van der Waals surface area contributed by atoms with Gasteiger partial charge in [-0.05, 0) is 35.4 Å². The summed E-state index contributed by atoms with van der Waals surface area (Å²) in [6, 6.07) is 7.29. The van der Waals surface area contributed by atoms with E-state index >= 15 is 0 Å². The van der Waals surface area contributed by atoms with Gasteiger partial charge in [-0.25, -0.2) is 9.97 Å². The molecule has 3 rings (SSSR count). The van der Waals surface area contributed by atoms with Crippen LogP contribution in [0.1, 0.15) is 5.56 Å². The Balaban J connectivity index is 1.98. The van der Waals surface area contributed by atoms with Crippen LogP contribution in [0.3, 0.4) is 0 Å². The molecule has 0 atom stereocenters. The van der Waals surface area contributed by atoms with Gasteiger partial charge in [-0.1, -0.05) is 0 Å². The van der Waals surface area contributed by atoms with E-state index in [2.05, 4.69) is 15.3 Å². The van der Waals surface area contributed by atoms with Crippen LogP contribution in [0.2, 0.25) is 5.28 Å². The molecule has 0 radical (unpaired) electrons. The molecular formula is C20H22ClN3O5. The lowest BCUT2D eigenvalue weighted by Gasteiger charge is -2.15. The van der Waals surface area contributed by atoms with E-state index < -0.39 is 0 Å². The quantitative estimate of drug-likeness (QED) is 0.549. The highest BCUT2D eigenvalue weighted by Gasteiger charge is 2.15. The minimum Gasteiger partial charge on any atom is -0.493 e. The molecular weight excluding hydrogens is 398 g/mol. The molecule has 0 aliphatic rings. The molecule has 1 aromatic heterocycles. The van der Waals surface area contributed by atoms with Crippen molar-refractivity contribution < 1.29 is 23.7 Å². The Labute approximate surface area is 173 Å². The summed E-state index contributed by atoms with van der Waals surface area (Å²) in [5, 5.41) is 4.16. The maximum atomic E-state index is 6.12. The van der Waals surface area contributed by atoms with Crippen LogP contribution in [0.25, 0.3) is 10.9 Å². The zero-order chi connectivity index (χ0) is 21.0. The number of ether oxygens (including phenoxy) is 5. The number of fused-ring (bicyclic) bond motifs is 1. The number of methoxy groups -OCH3 is 5. The van der Waals surface area contributed by atoms with Crippen LogP contribution in [0.5, 0.6) is 28.7 Å². The molecule has 0 unspecified atom stereocenters. The minimum atomic E-state index is 0.122. The maximum Gasteiger partial charge on any atom is 0.224 e. The van der Waals surface area contributed by atoms with Gasteiger partial charge >= 0.3 is 0 Å². The molecule has 154 valence electrons. The number of halogens is 1. The first-order valence-corrected chi connectivity index (χ1v) is 9.04. The third-order valence-corrected chi connectivity index (χ3v) is 4.53. The van der Waals surface area contributed by atoms with Gasteiger partial charge in [-0.2, -0.15) is 0 Å². The first kappa shape index (κ1) is 20.6. The standard InChI is InChI=1S/C20H22ClN3O5/c1-25-14-8-12-13(9-15(14)26-2)23-20(21)24-19(12)22-10-11-6-16(27-3)18(29-5)17(7-11)28-4/h6-9H,10H2,1-5H3,(H,22,23,24). The number of nitrogens with zero attached hydrogens (tertiary/aromatic N) is 2. The number of aromatic nitrogens is 2. The number of rotatable bonds is 8. The number of hydrogen-bond acceptors (Lipinski definition) is 8. The number of hydrogen-bond donors (Lipinski definition) is 1. The van der Waals surface area contributed by atoms with Crippen molar-refractivity contribution in [1.29, 1.82) is 0 Å². The van der Waals surface area contributed by atoms with E-state index in [0.717, 1.165) is 10.9 Å². The second kappa shape index (κ2) is 8.91. The van der Waals surface area contributed by atoms with Crippen molar-refractivity contribution >= 4 is 28.3 Å². The summed E-state index contributed by atoms with van der Waals surface area (Å²) in [5.41, 5.74) is 1.54. The summed E-state index contributed by atoms with van der Waals surface area (Å²) in [6.07, 6.45) is 0. The van der Waals surface area contributed by atoms with Crippen LogP contribution >= 0.6 is 11.6 Å². The van der Waals surface area contributed by atoms with Gasteiger partial charge in [-0.15, -0.1) is 0 Å². The van der Waals surface area contributed by atoms with Crippen molar-refractivity contribution in [2.45, 2.75) is 6.54 Å². The smallest absolute Gasteiger partial charge is 0.224 e. The third-order valence-electron chi connectivity index (χ3n) is 4.36. The van der Waals surface area contributed by atoms with Crippen molar-refractivity contribution in [3.63, 3.8) is 0 Å². The first-order chi connectivity index (χ1) is 14.0. The monoisotopic (exact) mass is 419 g/mol. The van der Waals surface area contributed by atoms with Crippen LogP contribution in [0, 0.1) is 0 Å². The molecule has 0 saturated carbocycles. The lowest BCUT2D eigenvalue weighted by molar-refractivity contribution is 0.324. The largest absolute Gasteiger partial charge is 0.493 e. The molecule has 9 heteroatoms. The fraction of sp³-hybridized carbons (Fsp3) is 0.300. The summed E-state index contributed by atoms with van der Waals surface area (Å²) in [5.74, 6) is 3.37. The van der Waals surface area contributed by atoms with Gasteiger partial charge in [0, 0.05) is 18.0 Å². The molecule has 8 nitrogen and oxygen atoms in total. The normalized spacial score (nSPS) is 10.6. The van der Waals surface area contributed by atoms with Crippen LogP contribution in [-0.2, 0) is 6.54 Å². The number of anilines is 1. The van der Waals surface area contributed by atoms with Crippen LogP contribution < -0.4 is 29.0 Å². The van der Waals surface area contributed by atoms with Crippen LogP contribution in [0.15, 0.2) is 24.3 Å². The summed E-state index contributed by atoms with van der Waals surface area (Å²) in [6.45, 7) is 0.438. The zero-order valence-electron chi connectivity index (χ0n) is 16.8. The molecule has 0 amide bonds. The fourth-order valence-electron chi connectivity index (χ4n) is 2.99. The predicted octanol–water partition coefficient (Wildman–Crippen LogP) is 3.94. The lowest BCUT2D eigenvalue weighted by Crippen LogP contribution is -2.05. The molecule has 3 aromatic rings. The van der Waals surface area contributed by atoms with E-state index in [-0.39, 0.29) is 5.28 Å². The zero-order valence-corrected chi connectivity index (χ0v) is 17.6. The summed E-state index contributed by atoms with van der Waals surface area (Å²) in [4.78, 5) is 8.60. The van der Waals surface area contributed by atoms with Crippen LogP contribution in [-0.4, -0.2) is 45.5 Å². The van der Waals surface area contributed by atoms with E-state index in [1.807, 2.05) is 18.2 Å². The molecule has 0 aliphatic heterocycles. The fourth-order valence-corrected chi connectivity index (χ4v) is 3.16. The summed E-state index contributed by atoms with van der Waals surface area (Å²) < 4.78 is 26.9. The molecule has 0 saturated heterocycles. The van der Waals surface area contributed by atoms with Gasteiger partial charge in [0.2, 0.25) is 11.0 Å². The Kier molecular flexibility index (Phi) is 6.33. The van der Waals surface area contributed by atoms with Crippen molar-refractivity contribution in [3.05, 3.63) is 35.1 Å². The van der Waals surface area contributed by atoms with E-state index in [1.54, 1.807) is 41.6 Å². The lowest BCUT2D eigenvalue weighted by atomic mass is 10.1. The summed E-state index contributed by atoms with van der Waals surface area (Å²) >= 11 is 6.12. The predicted molar refractivity (Wildman–Crippen MR) is 111 cm³/mol. The average Bonchev–Trinajstić information content (AvgIpc) is 2.75. The Bertz CT molecular complexity index is 1000. The Morgan fingerprint density at radius 1 is 0.759 bits per heavy atom. The van der Waals surface area contributed by atoms with Gasteiger partial charge in [0.15, 0.2) is 23.0 Å². The molecule has 0 spiro atoms. The van der Waals surface area contributed by atoms with E-state index in [4.69, 9.17) is 35.3 Å². The molecule has 1 heterocycles. The first-order valence-electron chi connectivity index (χ1n) is 8.66. The SMILES string of the molecule is COc1cc2nc(Cl)nc(NCc3cc(OC)c(OC)c(OC)c3)c2cc1OC. The number of benzene rings is 2. The average molecular weight is 420 g/mol. The van der Waals surface area contributed by atoms with Crippen molar-refractivity contribution in [1.82, 2.24) is 9.97 Å². The van der Waals surface area contributed by atoms with Crippen molar-refractivity contribution in [2.24, 2.45) is 0 Å². The topological polar surface area (TPSA) is 84.0 Å². The Morgan fingerprint density at radius 3 is 1.90 bits per heavy atom. The van der Waals surface area contributed by atoms with Crippen molar-refractivity contribution in [3.8, 4) is 28.7 Å². The van der Waals surface area contributed by atoms with Crippen molar-refractivity contribution in [2.75, 3.05) is 40.9 Å². The molecule has 0 fully saturated rings. The Morgan fingerprint density at radius 2 is 1.34 bits per heavy atom. The Hall–Kier alpha value is -3.13. The van der Waals surface area contributed by atoms with Gasteiger partial charge in [-0.3, -0.25) is 0 Å². The van der Waals surface area contributed by atoms with E-state index in [0.29, 0.717) is 46.6 Å². The molecule has 2 aromatic carbocycles. The van der Waals surface area contributed by atoms with Gasteiger partial charge in [0.05, 0.1) is 41.1 Å². The molecule has 1 N–H and O–H groups in total. The molecule has 29 heavy (non-hydrogen) atoms. The van der Waals surface area contributed by atoms with E-state index in [9.17, 15) is 0 Å². The number of nitrogens with one attached hydrogen (secondary N) is 1. The van der Waals surface area contributed by atoms with Gasteiger partial charge < -0.3 is 29.0 Å². The van der Waals surface area contributed by atoms with Crippen LogP contribution in [0.4, 0.5) is 5.82 Å². The van der Waals surface area contributed by atoms with Gasteiger partial charge in [0.25, 0.3) is 0 Å². The minimum absolute atomic E-state index is 0.122. The highest BCUT2D eigenvalue weighted by molar-refractivity contribution is 6.28. The van der Waals surface area contributed by atoms with Gasteiger partial charge in [0.1, 0.15) is 5.82 Å². The summed E-state index contributed by atoms with van der Waals surface area (Å²) in [7, 11) is 7.85. The highest BCUT2D eigenvalue weighted by atomic mass is 35.5.